The van der Waals surface area contributed by atoms with Crippen molar-refractivity contribution in [1.82, 2.24) is 0 Å². The summed E-state index contributed by atoms with van der Waals surface area (Å²) in [6.07, 6.45) is 0. The SMILES string of the molecule is CC(=O)c1ccc(-c2c(-c3ccccc3)ccc(-c3ccccc3)c2-c2ccc(C(C)=O)cc2)cc1. The minimum Gasteiger partial charge on any atom is -0.295 e. The molecule has 0 aliphatic carbocycles. The number of hydrogen-bond donors (Lipinski definition) is 0. The smallest absolute Gasteiger partial charge is 0.159 e. The van der Waals surface area contributed by atoms with Gasteiger partial charge in [0, 0.05) is 11.1 Å². The van der Waals surface area contributed by atoms with Crippen molar-refractivity contribution in [3.63, 3.8) is 0 Å². The number of Topliss-reactive ketones (excluding diaryl/α,β-unsaturated/α-hetero) is 2. The molecule has 0 aliphatic heterocycles. The van der Waals surface area contributed by atoms with Crippen molar-refractivity contribution < 1.29 is 9.59 Å². The lowest BCUT2D eigenvalue weighted by atomic mass is 9.82. The molecule has 0 fully saturated rings. The van der Waals surface area contributed by atoms with E-state index >= 15 is 0 Å². The fourth-order valence-electron chi connectivity index (χ4n) is 4.66. The molecule has 5 aromatic rings. The Morgan fingerprint density at radius 1 is 0.389 bits per heavy atom. The van der Waals surface area contributed by atoms with E-state index in [1.54, 1.807) is 13.8 Å². The van der Waals surface area contributed by atoms with Crippen molar-refractivity contribution in [2.24, 2.45) is 0 Å². The summed E-state index contributed by atoms with van der Waals surface area (Å²) in [5.41, 5.74) is 10.1. The van der Waals surface area contributed by atoms with E-state index in [4.69, 9.17) is 0 Å². The van der Waals surface area contributed by atoms with E-state index in [1.165, 1.54) is 0 Å². The summed E-state index contributed by atoms with van der Waals surface area (Å²) in [7, 11) is 0. The molecule has 0 aromatic heterocycles. The van der Waals surface area contributed by atoms with Crippen molar-refractivity contribution in [1.29, 1.82) is 0 Å². The van der Waals surface area contributed by atoms with E-state index < -0.39 is 0 Å². The first-order valence-electron chi connectivity index (χ1n) is 12.0. The summed E-state index contributed by atoms with van der Waals surface area (Å²) >= 11 is 0. The van der Waals surface area contributed by atoms with Gasteiger partial charge in [0.15, 0.2) is 11.6 Å². The number of carbonyl (C=O) groups excluding carboxylic acids is 2. The van der Waals surface area contributed by atoms with Crippen LogP contribution in [0, 0.1) is 0 Å². The maximum Gasteiger partial charge on any atom is 0.159 e. The summed E-state index contributed by atoms with van der Waals surface area (Å²) < 4.78 is 0. The van der Waals surface area contributed by atoms with Gasteiger partial charge in [-0.05, 0) is 58.4 Å². The zero-order chi connectivity index (χ0) is 25.1. The number of carbonyl (C=O) groups is 2. The van der Waals surface area contributed by atoms with Crippen molar-refractivity contribution in [3.8, 4) is 44.5 Å². The Bertz CT molecular complexity index is 1410. The molecule has 2 heteroatoms. The Morgan fingerprint density at radius 2 is 0.722 bits per heavy atom. The van der Waals surface area contributed by atoms with Gasteiger partial charge >= 0.3 is 0 Å². The first-order valence-corrected chi connectivity index (χ1v) is 12.0. The van der Waals surface area contributed by atoms with Crippen molar-refractivity contribution >= 4 is 11.6 Å². The second-order valence-electron chi connectivity index (χ2n) is 8.91. The van der Waals surface area contributed by atoms with E-state index in [1.807, 2.05) is 84.9 Å². The van der Waals surface area contributed by atoms with Crippen molar-refractivity contribution in [2.45, 2.75) is 13.8 Å². The van der Waals surface area contributed by atoms with Gasteiger partial charge in [0.2, 0.25) is 0 Å². The standard InChI is InChI=1S/C34H26O2/c1-23(35)25-13-17-29(18-14-25)33-31(27-9-5-3-6-10-27)21-22-32(28-11-7-4-8-12-28)34(33)30-19-15-26(16-20-30)24(2)36/h3-22H,1-2H3. The van der Waals surface area contributed by atoms with Crippen LogP contribution in [0.2, 0.25) is 0 Å². The molecule has 0 saturated carbocycles. The molecule has 0 heterocycles. The van der Waals surface area contributed by atoms with Crippen LogP contribution in [-0.4, -0.2) is 11.6 Å². The first-order chi connectivity index (χ1) is 17.5. The maximum absolute atomic E-state index is 12.0. The van der Waals surface area contributed by atoms with E-state index in [0.717, 1.165) is 44.5 Å². The van der Waals surface area contributed by atoms with Gasteiger partial charge in [-0.15, -0.1) is 0 Å². The van der Waals surface area contributed by atoms with E-state index in [9.17, 15) is 9.59 Å². The summed E-state index contributed by atoms with van der Waals surface area (Å²) in [5.74, 6) is 0.0887. The van der Waals surface area contributed by atoms with Crippen molar-refractivity contribution in [2.75, 3.05) is 0 Å². The highest BCUT2D eigenvalue weighted by atomic mass is 16.1. The first kappa shape index (κ1) is 23.2. The second-order valence-corrected chi connectivity index (χ2v) is 8.91. The van der Waals surface area contributed by atoms with Gasteiger partial charge in [0.05, 0.1) is 0 Å². The molecule has 0 amide bonds. The molecular formula is C34H26O2. The van der Waals surface area contributed by atoms with Crippen LogP contribution in [0.5, 0.6) is 0 Å². The summed E-state index contributed by atoms with van der Waals surface area (Å²) in [6, 6.07) is 40.7. The Balaban J connectivity index is 1.86. The Kier molecular flexibility index (Phi) is 6.42. The Hall–Kier alpha value is -4.56. The van der Waals surface area contributed by atoms with Crippen LogP contribution >= 0.6 is 0 Å². The molecule has 0 bridgehead atoms. The highest BCUT2D eigenvalue weighted by Gasteiger charge is 2.19. The maximum atomic E-state index is 12.0. The monoisotopic (exact) mass is 466 g/mol. The lowest BCUT2D eigenvalue weighted by Gasteiger charge is -2.21. The third-order valence-corrected chi connectivity index (χ3v) is 6.54. The minimum atomic E-state index is 0.0444. The highest BCUT2D eigenvalue weighted by Crippen LogP contribution is 2.45. The fourth-order valence-corrected chi connectivity index (χ4v) is 4.66. The topological polar surface area (TPSA) is 34.1 Å². The van der Waals surface area contributed by atoms with E-state index in [-0.39, 0.29) is 11.6 Å². The molecule has 0 spiro atoms. The van der Waals surface area contributed by atoms with Gasteiger partial charge in [-0.25, -0.2) is 0 Å². The number of rotatable bonds is 6. The minimum absolute atomic E-state index is 0.0444. The van der Waals surface area contributed by atoms with Gasteiger partial charge in [-0.3, -0.25) is 9.59 Å². The Morgan fingerprint density at radius 3 is 1.03 bits per heavy atom. The number of hydrogen-bond acceptors (Lipinski definition) is 2. The van der Waals surface area contributed by atoms with E-state index in [0.29, 0.717) is 11.1 Å². The van der Waals surface area contributed by atoms with Gasteiger partial charge < -0.3 is 0 Å². The van der Waals surface area contributed by atoms with Crippen LogP contribution < -0.4 is 0 Å². The predicted molar refractivity (Wildman–Crippen MR) is 148 cm³/mol. The number of ketones is 2. The van der Waals surface area contributed by atoms with Crippen LogP contribution in [0.3, 0.4) is 0 Å². The highest BCUT2D eigenvalue weighted by molar-refractivity contribution is 6.03. The largest absolute Gasteiger partial charge is 0.295 e. The average Bonchev–Trinajstić information content (AvgIpc) is 2.93. The normalized spacial score (nSPS) is 10.7. The molecular weight excluding hydrogens is 440 g/mol. The van der Waals surface area contributed by atoms with Crippen molar-refractivity contribution in [3.05, 3.63) is 132 Å². The molecule has 0 aliphatic rings. The molecule has 0 atom stereocenters. The lowest BCUT2D eigenvalue weighted by Crippen LogP contribution is -1.97. The Labute approximate surface area is 211 Å². The molecule has 36 heavy (non-hydrogen) atoms. The average molecular weight is 467 g/mol. The predicted octanol–water partition coefficient (Wildman–Crippen LogP) is 8.76. The molecule has 0 N–H and O–H groups in total. The summed E-state index contributed by atoms with van der Waals surface area (Å²) in [5, 5.41) is 0. The van der Waals surface area contributed by atoms with Gasteiger partial charge in [-0.2, -0.15) is 0 Å². The van der Waals surface area contributed by atoms with Crippen LogP contribution in [0.25, 0.3) is 44.5 Å². The van der Waals surface area contributed by atoms with Crippen LogP contribution in [0.1, 0.15) is 34.6 Å². The fraction of sp³-hybridized carbons (Fsp3) is 0.0588. The third-order valence-electron chi connectivity index (χ3n) is 6.54. The molecule has 174 valence electrons. The lowest BCUT2D eigenvalue weighted by molar-refractivity contribution is 0.100. The number of benzene rings is 5. The molecule has 0 saturated heterocycles. The van der Waals surface area contributed by atoms with Crippen LogP contribution in [0.15, 0.2) is 121 Å². The van der Waals surface area contributed by atoms with Gasteiger partial charge in [0.25, 0.3) is 0 Å². The zero-order valence-corrected chi connectivity index (χ0v) is 20.4. The quantitative estimate of drug-likeness (QED) is 0.234. The third kappa shape index (κ3) is 4.54. The second kappa shape index (κ2) is 9.97. The summed E-state index contributed by atoms with van der Waals surface area (Å²) in [4.78, 5) is 23.9. The summed E-state index contributed by atoms with van der Waals surface area (Å²) in [6.45, 7) is 3.17. The molecule has 5 rings (SSSR count). The molecule has 5 aromatic carbocycles. The van der Waals surface area contributed by atoms with Gasteiger partial charge in [-0.1, -0.05) is 121 Å². The zero-order valence-electron chi connectivity index (χ0n) is 20.4. The van der Waals surface area contributed by atoms with Gasteiger partial charge in [0.1, 0.15) is 0 Å². The van der Waals surface area contributed by atoms with E-state index in [2.05, 4.69) is 36.4 Å². The molecule has 0 radical (unpaired) electrons. The van der Waals surface area contributed by atoms with Crippen LogP contribution in [-0.2, 0) is 0 Å². The molecule has 2 nitrogen and oxygen atoms in total. The molecule has 0 unspecified atom stereocenters. The van der Waals surface area contributed by atoms with Crippen LogP contribution in [0.4, 0.5) is 0 Å².